The van der Waals surface area contributed by atoms with Crippen molar-refractivity contribution in [2.45, 2.75) is 13.0 Å². The summed E-state index contributed by atoms with van der Waals surface area (Å²) in [6.07, 6.45) is 2.56. The summed E-state index contributed by atoms with van der Waals surface area (Å²) in [6.45, 7) is 1.68. The zero-order chi connectivity index (χ0) is 13.5. The number of hydrogen-bond acceptors (Lipinski definition) is 3. The Labute approximate surface area is 117 Å². The average molecular weight is 277 g/mol. The van der Waals surface area contributed by atoms with Gasteiger partial charge in [0, 0.05) is 33.6 Å². The Balaban J connectivity index is 1.79. The molecule has 0 aliphatic rings. The van der Waals surface area contributed by atoms with Crippen LogP contribution >= 0.6 is 11.3 Å². The minimum Gasteiger partial charge on any atom is -0.469 e. The van der Waals surface area contributed by atoms with Gasteiger partial charge in [0.05, 0.1) is 6.26 Å². The molecule has 19 heavy (non-hydrogen) atoms. The number of furan rings is 1. The first-order valence-corrected chi connectivity index (χ1v) is 7.19. The normalized spacial score (nSPS) is 11.6. The molecule has 0 aromatic carbocycles. The van der Waals surface area contributed by atoms with Crippen molar-refractivity contribution in [1.29, 1.82) is 0 Å². The van der Waals surface area contributed by atoms with E-state index in [9.17, 15) is 0 Å². The van der Waals surface area contributed by atoms with Gasteiger partial charge in [-0.15, -0.1) is 0 Å². The van der Waals surface area contributed by atoms with Crippen LogP contribution in [0.3, 0.4) is 0 Å². The fourth-order valence-electron chi connectivity index (χ4n) is 1.87. The van der Waals surface area contributed by atoms with Gasteiger partial charge in [-0.3, -0.25) is 4.99 Å². The van der Waals surface area contributed by atoms with Crippen LogP contribution in [0.4, 0.5) is 0 Å². The van der Waals surface area contributed by atoms with Crippen molar-refractivity contribution in [2.24, 2.45) is 4.99 Å². The highest BCUT2D eigenvalue weighted by Gasteiger charge is 2.06. The number of nitrogens with zero attached hydrogens (tertiary/aromatic N) is 2. The molecule has 2 aromatic heterocycles. The molecule has 2 heterocycles. The Hall–Kier alpha value is -1.75. The zero-order valence-electron chi connectivity index (χ0n) is 11.3. The van der Waals surface area contributed by atoms with Crippen LogP contribution in [0.2, 0.25) is 0 Å². The first kappa shape index (κ1) is 13.7. The highest BCUT2D eigenvalue weighted by atomic mass is 32.1. The number of aliphatic imine (C=N–C) groups is 1. The smallest absolute Gasteiger partial charge is 0.193 e. The van der Waals surface area contributed by atoms with Crippen LogP contribution < -0.4 is 5.32 Å². The van der Waals surface area contributed by atoms with Gasteiger partial charge in [-0.1, -0.05) is 0 Å². The van der Waals surface area contributed by atoms with E-state index in [1.807, 2.05) is 19.2 Å². The first-order valence-electron chi connectivity index (χ1n) is 6.25. The predicted molar refractivity (Wildman–Crippen MR) is 79.6 cm³/mol. The Morgan fingerprint density at radius 1 is 1.47 bits per heavy atom. The van der Waals surface area contributed by atoms with Gasteiger partial charge in [0.15, 0.2) is 5.96 Å². The third-order valence-corrected chi connectivity index (χ3v) is 3.54. The van der Waals surface area contributed by atoms with E-state index in [1.54, 1.807) is 24.6 Å². The largest absolute Gasteiger partial charge is 0.469 e. The van der Waals surface area contributed by atoms with Gasteiger partial charge >= 0.3 is 0 Å². The highest BCUT2D eigenvalue weighted by Crippen LogP contribution is 2.08. The maximum atomic E-state index is 5.30. The summed E-state index contributed by atoms with van der Waals surface area (Å²) < 4.78 is 5.30. The van der Waals surface area contributed by atoms with E-state index < -0.39 is 0 Å². The maximum absolute atomic E-state index is 5.30. The van der Waals surface area contributed by atoms with E-state index in [0.717, 1.165) is 31.2 Å². The fraction of sp³-hybridized carbons (Fsp3) is 0.357. The molecule has 4 nitrogen and oxygen atoms in total. The second kappa shape index (κ2) is 6.99. The monoisotopic (exact) mass is 277 g/mol. The first-order chi connectivity index (χ1) is 9.29. The molecule has 102 valence electrons. The molecule has 0 saturated carbocycles. The summed E-state index contributed by atoms with van der Waals surface area (Å²) in [4.78, 5) is 6.41. The molecule has 0 spiro atoms. The lowest BCUT2D eigenvalue weighted by Gasteiger charge is -2.21. The van der Waals surface area contributed by atoms with Gasteiger partial charge < -0.3 is 14.6 Å². The second-order valence-electron chi connectivity index (χ2n) is 4.29. The summed E-state index contributed by atoms with van der Waals surface area (Å²) in [5, 5.41) is 7.59. The van der Waals surface area contributed by atoms with Crippen LogP contribution in [0.5, 0.6) is 0 Å². The van der Waals surface area contributed by atoms with Gasteiger partial charge in [0.2, 0.25) is 0 Å². The van der Waals surface area contributed by atoms with Crippen LogP contribution in [0.1, 0.15) is 11.3 Å². The Kier molecular flexibility index (Phi) is 5.03. The van der Waals surface area contributed by atoms with Gasteiger partial charge in [0.25, 0.3) is 0 Å². The molecule has 0 saturated heterocycles. The number of guanidine groups is 1. The molecule has 0 aliphatic heterocycles. The Morgan fingerprint density at radius 3 is 3.00 bits per heavy atom. The van der Waals surface area contributed by atoms with Crippen LogP contribution in [0.25, 0.3) is 0 Å². The number of nitrogens with one attached hydrogen (secondary N) is 1. The van der Waals surface area contributed by atoms with Crippen molar-refractivity contribution in [3.63, 3.8) is 0 Å². The standard InChI is InChI=1S/C14H19N3OS/c1-15-14(16-7-5-13-4-3-8-18-13)17(2)10-12-6-9-19-11-12/h3-4,6,8-9,11H,5,7,10H2,1-2H3,(H,15,16). The van der Waals surface area contributed by atoms with E-state index in [0.29, 0.717) is 0 Å². The molecule has 2 aromatic rings. The third-order valence-electron chi connectivity index (χ3n) is 2.81. The number of hydrogen-bond donors (Lipinski definition) is 1. The Bertz CT molecular complexity index is 491. The van der Waals surface area contributed by atoms with Gasteiger partial charge in [-0.2, -0.15) is 11.3 Å². The third kappa shape index (κ3) is 4.13. The number of rotatable bonds is 5. The van der Waals surface area contributed by atoms with Gasteiger partial charge in [-0.05, 0) is 34.5 Å². The quantitative estimate of drug-likeness (QED) is 0.674. The molecule has 1 N–H and O–H groups in total. The minimum atomic E-state index is 0.814. The van der Waals surface area contributed by atoms with Crippen molar-refractivity contribution in [3.8, 4) is 0 Å². The van der Waals surface area contributed by atoms with Crippen molar-refractivity contribution in [3.05, 3.63) is 46.5 Å². The topological polar surface area (TPSA) is 40.8 Å². The maximum Gasteiger partial charge on any atom is 0.193 e. The van der Waals surface area contributed by atoms with E-state index in [4.69, 9.17) is 4.42 Å². The van der Waals surface area contributed by atoms with Crippen LogP contribution in [0.15, 0.2) is 44.6 Å². The number of thiophene rings is 1. The molecule has 2 rings (SSSR count). The molecule has 0 fully saturated rings. The van der Waals surface area contributed by atoms with E-state index in [1.165, 1.54) is 5.56 Å². The minimum absolute atomic E-state index is 0.814. The fourth-order valence-corrected chi connectivity index (χ4v) is 2.53. The van der Waals surface area contributed by atoms with E-state index in [2.05, 4.69) is 32.0 Å². The molecule has 0 amide bonds. The van der Waals surface area contributed by atoms with E-state index in [-0.39, 0.29) is 0 Å². The summed E-state index contributed by atoms with van der Waals surface area (Å²) >= 11 is 1.72. The molecule has 5 heteroatoms. The highest BCUT2D eigenvalue weighted by molar-refractivity contribution is 7.07. The van der Waals surface area contributed by atoms with Crippen molar-refractivity contribution >= 4 is 17.3 Å². The molecule has 0 aliphatic carbocycles. The summed E-state index contributed by atoms with van der Waals surface area (Å²) in [5.74, 6) is 1.89. The predicted octanol–water partition coefficient (Wildman–Crippen LogP) is 2.59. The lowest BCUT2D eigenvalue weighted by molar-refractivity contribution is 0.470. The zero-order valence-corrected chi connectivity index (χ0v) is 12.1. The molecule has 0 atom stereocenters. The van der Waals surface area contributed by atoms with Gasteiger partial charge in [-0.25, -0.2) is 0 Å². The van der Waals surface area contributed by atoms with Crippen LogP contribution in [-0.4, -0.2) is 31.5 Å². The van der Waals surface area contributed by atoms with Crippen LogP contribution in [0, 0.1) is 0 Å². The van der Waals surface area contributed by atoms with Crippen molar-refractivity contribution in [1.82, 2.24) is 10.2 Å². The molecule has 0 radical (unpaired) electrons. The molecule has 0 bridgehead atoms. The van der Waals surface area contributed by atoms with Crippen molar-refractivity contribution in [2.75, 3.05) is 20.6 Å². The lowest BCUT2D eigenvalue weighted by Crippen LogP contribution is -2.39. The SMILES string of the molecule is CN=C(NCCc1ccco1)N(C)Cc1ccsc1. The van der Waals surface area contributed by atoms with E-state index >= 15 is 0 Å². The van der Waals surface area contributed by atoms with Gasteiger partial charge in [0.1, 0.15) is 5.76 Å². The molecular weight excluding hydrogens is 258 g/mol. The lowest BCUT2D eigenvalue weighted by atomic mass is 10.3. The summed E-state index contributed by atoms with van der Waals surface area (Å²) in [7, 11) is 3.85. The Morgan fingerprint density at radius 2 is 2.37 bits per heavy atom. The summed E-state index contributed by atoms with van der Waals surface area (Å²) in [6, 6.07) is 6.03. The molecular formula is C14H19N3OS. The summed E-state index contributed by atoms with van der Waals surface area (Å²) in [5.41, 5.74) is 1.31. The van der Waals surface area contributed by atoms with Crippen molar-refractivity contribution < 1.29 is 4.42 Å². The second-order valence-corrected chi connectivity index (χ2v) is 5.07. The van der Waals surface area contributed by atoms with Crippen LogP contribution in [-0.2, 0) is 13.0 Å². The molecule has 0 unspecified atom stereocenters. The average Bonchev–Trinajstić information content (AvgIpc) is 3.07.